The monoisotopic (exact) mass is 451 g/mol. The molecule has 0 spiro atoms. The Morgan fingerprint density at radius 1 is 1.00 bits per heavy atom. The number of aliphatic hydroxyl groups is 1. The summed E-state index contributed by atoms with van der Waals surface area (Å²) in [6.45, 7) is 3.78. The Kier molecular flexibility index (Phi) is 14.9. The number of nitrogens with zero attached hydrogens (tertiary/aromatic N) is 1. The van der Waals surface area contributed by atoms with Crippen molar-refractivity contribution in [2.24, 2.45) is 0 Å². The average molecular weight is 453 g/mol. The maximum absolute atomic E-state index is 8.69. The largest absolute Gasteiger partial charge is 0.493 e. The maximum Gasteiger partial charge on any atom is 0.161 e. The van der Waals surface area contributed by atoms with Gasteiger partial charge in [-0.1, -0.05) is 23.7 Å². The van der Waals surface area contributed by atoms with E-state index in [1.165, 1.54) is 0 Å². The van der Waals surface area contributed by atoms with Crippen LogP contribution < -0.4 is 20.1 Å². The van der Waals surface area contributed by atoms with Gasteiger partial charge in [0.15, 0.2) is 11.5 Å². The molecule has 0 unspecified atom stereocenters. The number of pyridine rings is 1. The Bertz CT molecular complexity index is 661. The van der Waals surface area contributed by atoms with Gasteiger partial charge in [0, 0.05) is 24.8 Å². The molecule has 158 valence electrons. The maximum atomic E-state index is 8.69. The molecule has 0 amide bonds. The molecule has 0 aliphatic heterocycles. The van der Waals surface area contributed by atoms with Gasteiger partial charge in [-0.05, 0) is 43.3 Å². The van der Waals surface area contributed by atoms with Crippen molar-refractivity contribution < 1.29 is 14.6 Å². The number of hydrogen-bond donors (Lipinski definition) is 3. The van der Waals surface area contributed by atoms with Gasteiger partial charge in [-0.3, -0.25) is 0 Å². The van der Waals surface area contributed by atoms with Crippen LogP contribution in [0.4, 0.5) is 0 Å². The Hall–Kier alpha value is -1.28. The van der Waals surface area contributed by atoms with E-state index in [0.29, 0.717) is 29.8 Å². The summed E-state index contributed by atoms with van der Waals surface area (Å²) in [5.41, 5.74) is 2.07. The van der Waals surface area contributed by atoms with Gasteiger partial charge in [0.25, 0.3) is 0 Å². The van der Waals surface area contributed by atoms with Crippen LogP contribution >= 0.6 is 36.4 Å². The van der Waals surface area contributed by atoms with Crippen molar-refractivity contribution in [3.05, 3.63) is 52.8 Å². The molecule has 28 heavy (non-hydrogen) atoms. The van der Waals surface area contributed by atoms with E-state index in [2.05, 4.69) is 15.6 Å². The highest BCUT2D eigenvalue weighted by molar-refractivity contribution is 6.29. The van der Waals surface area contributed by atoms with Crippen LogP contribution in [0.25, 0.3) is 0 Å². The lowest BCUT2D eigenvalue weighted by Gasteiger charge is -2.13. The SMILES string of the molecule is COc1cc(CNCCCNCCO)ccc1OCc1ccc(Cl)nc1.Cl.Cl. The van der Waals surface area contributed by atoms with E-state index in [-0.39, 0.29) is 31.4 Å². The van der Waals surface area contributed by atoms with Crippen molar-refractivity contribution >= 4 is 36.4 Å². The van der Waals surface area contributed by atoms with Crippen LogP contribution in [0.1, 0.15) is 17.5 Å². The van der Waals surface area contributed by atoms with Gasteiger partial charge in [0.2, 0.25) is 0 Å². The van der Waals surface area contributed by atoms with Crippen LogP contribution in [0.5, 0.6) is 11.5 Å². The first kappa shape index (κ1) is 26.7. The summed E-state index contributed by atoms with van der Waals surface area (Å²) in [5.74, 6) is 1.40. The summed E-state index contributed by atoms with van der Waals surface area (Å²) < 4.78 is 11.3. The minimum absolute atomic E-state index is 0. The van der Waals surface area contributed by atoms with E-state index < -0.39 is 0 Å². The first-order valence-electron chi connectivity index (χ1n) is 8.65. The Morgan fingerprint density at radius 3 is 2.43 bits per heavy atom. The molecule has 0 bridgehead atoms. The standard InChI is InChI=1S/C19H26ClN3O3.2ClH/c1-25-18-11-15(12-22-8-2-7-21-9-10-24)3-5-17(18)26-14-16-4-6-19(20)23-13-16;;/h3-6,11,13,21-22,24H,2,7-10,12,14H2,1H3;2*1H. The molecule has 0 saturated carbocycles. The normalized spacial score (nSPS) is 9.96. The third kappa shape index (κ3) is 9.78. The van der Waals surface area contributed by atoms with Crippen molar-refractivity contribution in [3.63, 3.8) is 0 Å². The second-order valence-electron chi connectivity index (χ2n) is 5.77. The van der Waals surface area contributed by atoms with Gasteiger partial charge in [0.1, 0.15) is 11.8 Å². The number of rotatable bonds is 12. The van der Waals surface area contributed by atoms with E-state index in [1.54, 1.807) is 19.4 Å². The van der Waals surface area contributed by atoms with Crippen molar-refractivity contribution in [1.29, 1.82) is 0 Å². The molecule has 9 heteroatoms. The summed E-state index contributed by atoms with van der Waals surface area (Å²) in [6, 6.07) is 9.55. The van der Waals surface area contributed by atoms with E-state index in [0.717, 1.165) is 37.2 Å². The second kappa shape index (κ2) is 15.6. The first-order chi connectivity index (χ1) is 12.7. The van der Waals surface area contributed by atoms with Crippen molar-refractivity contribution in [2.45, 2.75) is 19.6 Å². The molecule has 2 aromatic rings. The fraction of sp³-hybridized carbons (Fsp3) is 0.421. The number of ether oxygens (including phenoxy) is 2. The Labute approximate surface area is 183 Å². The van der Waals surface area contributed by atoms with Gasteiger partial charge in [-0.2, -0.15) is 0 Å². The molecular weight excluding hydrogens is 425 g/mol. The minimum atomic E-state index is 0. The summed E-state index contributed by atoms with van der Waals surface area (Å²) in [4.78, 5) is 4.04. The predicted molar refractivity (Wildman–Crippen MR) is 117 cm³/mol. The first-order valence-corrected chi connectivity index (χ1v) is 9.03. The number of aliphatic hydroxyl groups excluding tert-OH is 1. The quantitative estimate of drug-likeness (QED) is 0.339. The molecule has 6 nitrogen and oxygen atoms in total. The molecule has 1 heterocycles. The van der Waals surface area contributed by atoms with Gasteiger partial charge < -0.3 is 25.2 Å². The fourth-order valence-electron chi connectivity index (χ4n) is 2.37. The van der Waals surface area contributed by atoms with E-state index in [1.807, 2.05) is 24.3 Å². The zero-order valence-corrected chi connectivity index (χ0v) is 18.2. The number of benzene rings is 1. The van der Waals surface area contributed by atoms with Crippen LogP contribution in [0.3, 0.4) is 0 Å². The number of nitrogens with one attached hydrogen (secondary N) is 2. The molecule has 0 fully saturated rings. The molecular formula is C19H28Cl3N3O3. The lowest BCUT2D eigenvalue weighted by atomic mass is 10.2. The lowest BCUT2D eigenvalue weighted by Crippen LogP contribution is -2.23. The van der Waals surface area contributed by atoms with Crippen molar-refractivity contribution in [3.8, 4) is 11.5 Å². The molecule has 1 aromatic carbocycles. The molecule has 0 radical (unpaired) electrons. The average Bonchev–Trinajstić information content (AvgIpc) is 2.67. The molecule has 0 aliphatic rings. The van der Waals surface area contributed by atoms with Gasteiger partial charge in [0.05, 0.1) is 13.7 Å². The number of methoxy groups -OCH3 is 1. The zero-order valence-electron chi connectivity index (χ0n) is 15.8. The number of halogens is 3. The minimum Gasteiger partial charge on any atom is -0.493 e. The van der Waals surface area contributed by atoms with Crippen LogP contribution in [-0.2, 0) is 13.2 Å². The van der Waals surface area contributed by atoms with Crippen molar-refractivity contribution in [1.82, 2.24) is 15.6 Å². The highest BCUT2D eigenvalue weighted by Gasteiger charge is 2.06. The predicted octanol–water partition coefficient (Wildman–Crippen LogP) is 3.23. The number of hydrogen-bond acceptors (Lipinski definition) is 6. The molecule has 2 rings (SSSR count). The fourth-order valence-corrected chi connectivity index (χ4v) is 2.48. The van der Waals surface area contributed by atoms with Gasteiger partial charge in [-0.25, -0.2) is 4.98 Å². The third-order valence-corrected chi connectivity index (χ3v) is 3.96. The molecule has 0 saturated heterocycles. The van der Waals surface area contributed by atoms with Crippen LogP contribution in [0.2, 0.25) is 5.15 Å². The lowest BCUT2D eigenvalue weighted by molar-refractivity contribution is 0.284. The highest BCUT2D eigenvalue weighted by atomic mass is 35.5. The topological polar surface area (TPSA) is 75.6 Å². The zero-order chi connectivity index (χ0) is 18.6. The summed E-state index contributed by atoms with van der Waals surface area (Å²) >= 11 is 5.79. The van der Waals surface area contributed by atoms with E-state index in [9.17, 15) is 0 Å². The summed E-state index contributed by atoms with van der Waals surface area (Å²) in [6.07, 6.45) is 2.70. The highest BCUT2D eigenvalue weighted by Crippen LogP contribution is 2.28. The molecule has 3 N–H and O–H groups in total. The smallest absolute Gasteiger partial charge is 0.161 e. The van der Waals surface area contributed by atoms with Crippen LogP contribution in [0, 0.1) is 0 Å². The summed E-state index contributed by atoms with van der Waals surface area (Å²) in [5, 5.41) is 15.7. The van der Waals surface area contributed by atoms with Crippen molar-refractivity contribution in [2.75, 3.05) is 33.4 Å². The Morgan fingerprint density at radius 2 is 1.75 bits per heavy atom. The van der Waals surface area contributed by atoms with E-state index in [4.69, 9.17) is 26.2 Å². The van der Waals surface area contributed by atoms with E-state index >= 15 is 0 Å². The summed E-state index contributed by atoms with van der Waals surface area (Å²) in [7, 11) is 1.63. The van der Waals surface area contributed by atoms with Crippen LogP contribution in [0.15, 0.2) is 36.5 Å². The van der Waals surface area contributed by atoms with Crippen LogP contribution in [-0.4, -0.2) is 43.4 Å². The molecule has 0 atom stereocenters. The Balaban J connectivity index is 0.00000364. The molecule has 0 aliphatic carbocycles. The number of aromatic nitrogens is 1. The van der Waals surface area contributed by atoms with Gasteiger partial charge >= 0.3 is 0 Å². The van der Waals surface area contributed by atoms with Gasteiger partial charge in [-0.15, -0.1) is 24.8 Å². The third-order valence-electron chi connectivity index (χ3n) is 3.74. The second-order valence-corrected chi connectivity index (χ2v) is 6.15. The molecule has 1 aromatic heterocycles.